The Morgan fingerprint density at radius 1 is 1.22 bits per heavy atom. The van der Waals surface area contributed by atoms with Gasteiger partial charge in [0.05, 0.1) is 6.10 Å². The van der Waals surface area contributed by atoms with Gasteiger partial charge in [0.2, 0.25) is 0 Å². The number of ether oxygens (including phenoxy) is 1. The van der Waals surface area contributed by atoms with Gasteiger partial charge in [0.1, 0.15) is 0 Å². The van der Waals surface area contributed by atoms with Crippen molar-refractivity contribution in [3.8, 4) is 0 Å². The molecule has 9 heavy (non-hydrogen) atoms. The fraction of sp³-hybridized carbons (Fsp3) is 1.00. The summed E-state index contributed by atoms with van der Waals surface area (Å²) in [6.45, 7) is 7.13. The quantitative estimate of drug-likeness (QED) is 0.489. The monoisotopic (exact) mass is 130 g/mol. The lowest BCUT2D eigenvalue weighted by Gasteiger charge is -2.17. The van der Waals surface area contributed by atoms with Crippen LogP contribution in [0.2, 0.25) is 0 Å². The molecular weight excluding hydrogens is 112 g/mol. The summed E-state index contributed by atoms with van der Waals surface area (Å²) in [6.07, 6.45) is 4.43. The van der Waals surface area contributed by atoms with Gasteiger partial charge in [0, 0.05) is 6.61 Å². The van der Waals surface area contributed by atoms with E-state index in [2.05, 4.69) is 6.92 Å². The van der Waals surface area contributed by atoms with Crippen LogP contribution < -0.4 is 0 Å². The van der Waals surface area contributed by atoms with E-state index in [-0.39, 0.29) is 0 Å². The standard InChI is InChI=1S/C6H12O.C2H6/c1-6-4-2-3-5-7-6;1-2/h6H,2-5H2,1H3;1-2H3/t6-;/m0./s1. The molecule has 1 heteroatoms. The molecule has 0 aromatic carbocycles. The Hall–Kier alpha value is -0.0400. The van der Waals surface area contributed by atoms with E-state index in [9.17, 15) is 0 Å². The Morgan fingerprint density at radius 3 is 2.11 bits per heavy atom. The number of rotatable bonds is 0. The lowest BCUT2D eigenvalue weighted by Crippen LogP contribution is -2.14. The van der Waals surface area contributed by atoms with Gasteiger partial charge in [-0.2, -0.15) is 0 Å². The van der Waals surface area contributed by atoms with Crippen molar-refractivity contribution in [3.63, 3.8) is 0 Å². The van der Waals surface area contributed by atoms with Gasteiger partial charge in [-0.3, -0.25) is 0 Å². The van der Waals surface area contributed by atoms with E-state index < -0.39 is 0 Å². The van der Waals surface area contributed by atoms with Gasteiger partial charge < -0.3 is 4.74 Å². The van der Waals surface area contributed by atoms with Crippen molar-refractivity contribution in [3.05, 3.63) is 0 Å². The third-order valence-corrected chi connectivity index (χ3v) is 1.41. The second kappa shape index (κ2) is 6.09. The minimum atomic E-state index is 0.536. The Labute approximate surface area is 58.4 Å². The van der Waals surface area contributed by atoms with E-state index in [4.69, 9.17) is 4.74 Å². The molecule has 0 saturated carbocycles. The van der Waals surface area contributed by atoms with Gasteiger partial charge in [0.25, 0.3) is 0 Å². The van der Waals surface area contributed by atoms with Crippen LogP contribution in [0, 0.1) is 0 Å². The van der Waals surface area contributed by atoms with Crippen molar-refractivity contribution in [2.24, 2.45) is 0 Å². The Kier molecular flexibility index (Phi) is 6.06. The molecular formula is C8H18O. The summed E-state index contributed by atoms with van der Waals surface area (Å²) in [4.78, 5) is 0. The normalized spacial score (nSPS) is 26.3. The van der Waals surface area contributed by atoms with Crippen LogP contribution in [-0.2, 0) is 4.74 Å². The predicted molar refractivity (Wildman–Crippen MR) is 40.6 cm³/mol. The molecule has 0 aliphatic carbocycles. The van der Waals surface area contributed by atoms with Gasteiger partial charge in [-0.15, -0.1) is 0 Å². The molecule has 0 radical (unpaired) electrons. The molecule has 0 bridgehead atoms. The molecule has 0 spiro atoms. The molecule has 1 fully saturated rings. The van der Waals surface area contributed by atoms with E-state index in [1.165, 1.54) is 19.3 Å². The zero-order valence-electron chi connectivity index (χ0n) is 6.81. The van der Waals surface area contributed by atoms with Crippen molar-refractivity contribution in [1.82, 2.24) is 0 Å². The Balaban J connectivity index is 0.000000291. The van der Waals surface area contributed by atoms with E-state index in [0.29, 0.717) is 6.10 Å². The summed E-state index contributed by atoms with van der Waals surface area (Å²) in [5, 5.41) is 0. The molecule has 0 N–H and O–H groups in total. The fourth-order valence-corrected chi connectivity index (χ4v) is 0.902. The van der Waals surface area contributed by atoms with E-state index >= 15 is 0 Å². The van der Waals surface area contributed by atoms with Crippen LogP contribution in [0.1, 0.15) is 40.0 Å². The maximum absolute atomic E-state index is 5.28. The van der Waals surface area contributed by atoms with E-state index in [0.717, 1.165) is 6.61 Å². The fourth-order valence-electron chi connectivity index (χ4n) is 0.902. The average Bonchev–Trinajstić information content (AvgIpc) is 1.94. The highest BCUT2D eigenvalue weighted by Crippen LogP contribution is 2.10. The molecule has 1 aliphatic heterocycles. The van der Waals surface area contributed by atoms with E-state index in [1.807, 2.05) is 13.8 Å². The second-order valence-electron chi connectivity index (χ2n) is 2.18. The van der Waals surface area contributed by atoms with Gasteiger partial charge in [-0.1, -0.05) is 13.8 Å². The lowest BCUT2D eigenvalue weighted by atomic mass is 10.1. The topological polar surface area (TPSA) is 9.23 Å². The smallest absolute Gasteiger partial charge is 0.0547 e. The van der Waals surface area contributed by atoms with Crippen LogP contribution in [-0.4, -0.2) is 12.7 Å². The van der Waals surface area contributed by atoms with Crippen molar-refractivity contribution in [1.29, 1.82) is 0 Å². The highest BCUT2D eigenvalue weighted by molar-refractivity contribution is 4.55. The van der Waals surface area contributed by atoms with Crippen LogP contribution in [0.3, 0.4) is 0 Å². The Morgan fingerprint density at radius 2 is 1.89 bits per heavy atom. The van der Waals surface area contributed by atoms with Crippen LogP contribution in [0.4, 0.5) is 0 Å². The van der Waals surface area contributed by atoms with Crippen molar-refractivity contribution in [2.75, 3.05) is 6.61 Å². The highest BCUT2D eigenvalue weighted by Gasteiger charge is 2.05. The molecule has 0 aromatic heterocycles. The first-order valence-corrected chi connectivity index (χ1v) is 4.01. The van der Waals surface area contributed by atoms with Crippen molar-refractivity contribution in [2.45, 2.75) is 46.1 Å². The van der Waals surface area contributed by atoms with Gasteiger partial charge in [-0.05, 0) is 26.2 Å². The highest BCUT2D eigenvalue weighted by atomic mass is 16.5. The SMILES string of the molecule is CC.C[C@H]1CCCCO1. The number of hydrogen-bond acceptors (Lipinski definition) is 1. The van der Waals surface area contributed by atoms with Crippen LogP contribution >= 0.6 is 0 Å². The maximum Gasteiger partial charge on any atom is 0.0547 e. The maximum atomic E-state index is 5.28. The third-order valence-electron chi connectivity index (χ3n) is 1.41. The van der Waals surface area contributed by atoms with Crippen molar-refractivity contribution >= 4 is 0 Å². The zero-order valence-corrected chi connectivity index (χ0v) is 6.81. The first kappa shape index (κ1) is 8.96. The summed E-state index contributed by atoms with van der Waals surface area (Å²) in [5.74, 6) is 0. The summed E-state index contributed by atoms with van der Waals surface area (Å²) in [7, 11) is 0. The molecule has 0 amide bonds. The predicted octanol–water partition coefficient (Wildman–Crippen LogP) is 2.60. The Bertz CT molecular complexity index is 46.5. The zero-order chi connectivity index (χ0) is 7.11. The largest absolute Gasteiger partial charge is 0.379 e. The molecule has 1 saturated heterocycles. The van der Waals surface area contributed by atoms with Crippen LogP contribution in [0.25, 0.3) is 0 Å². The molecule has 56 valence electrons. The first-order chi connectivity index (χ1) is 4.39. The minimum Gasteiger partial charge on any atom is -0.379 e. The minimum absolute atomic E-state index is 0.536. The number of hydrogen-bond donors (Lipinski definition) is 0. The molecule has 1 rings (SSSR count). The lowest BCUT2D eigenvalue weighted by molar-refractivity contribution is 0.0285. The van der Waals surface area contributed by atoms with Gasteiger partial charge in [0.15, 0.2) is 0 Å². The molecule has 1 nitrogen and oxygen atoms in total. The summed E-state index contributed by atoms with van der Waals surface area (Å²) in [5.41, 5.74) is 0. The average molecular weight is 130 g/mol. The van der Waals surface area contributed by atoms with Gasteiger partial charge in [-0.25, -0.2) is 0 Å². The summed E-state index contributed by atoms with van der Waals surface area (Å²) >= 11 is 0. The van der Waals surface area contributed by atoms with E-state index in [1.54, 1.807) is 0 Å². The van der Waals surface area contributed by atoms with Crippen LogP contribution in [0.15, 0.2) is 0 Å². The molecule has 1 aliphatic rings. The summed E-state index contributed by atoms with van der Waals surface area (Å²) < 4.78 is 5.28. The molecule has 0 unspecified atom stereocenters. The third kappa shape index (κ3) is 4.46. The second-order valence-corrected chi connectivity index (χ2v) is 2.18. The van der Waals surface area contributed by atoms with Gasteiger partial charge >= 0.3 is 0 Å². The molecule has 1 heterocycles. The van der Waals surface area contributed by atoms with Crippen LogP contribution in [0.5, 0.6) is 0 Å². The molecule has 1 atom stereocenters. The summed E-state index contributed by atoms with van der Waals surface area (Å²) in [6, 6.07) is 0. The molecule has 0 aromatic rings. The van der Waals surface area contributed by atoms with Crippen molar-refractivity contribution < 1.29 is 4.74 Å². The first-order valence-electron chi connectivity index (χ1n) is 4.01.